The van der Waals surface area contributed by atoms with Gasteiger partial charge in [0.2, 0.25) is 0 Å². The number of benzene rings is 1. The number of amides is 1. The number of ether oxygens (including phenoxy) is 1. The number of hydrogen-bond donors (Lipinski definition) is 2. The Morgan fingerprint density at radius 3 is 2.70 bits per heavy atom. The van der Waals surface area contributed by atoms with Gasteiger partial charge in [-0.1, -0.05) is 12.1 Å². The van der Waals surface area contributed by atoms with Crippen LogP contribution in [0.15, 0.2) is 24.3 Å². The molecule has 0 bridgehead atoms. The average molecular weight is 333 g/mol. The predicted molar refractivity (Wildman–Crippen MR) is 91.1 cm³/mol. The highest BCUT2D eigenvalue weighted by molar-refractivity contribution is 7.10. The molecule has 7 heteroatoms. The minimum absolute atomic E-state index is 0.368. The quantitative estimate of drug-likeness (QED) is 0.822. The molecular formula is C16H19N3O3S. The second kappa shape index (κ2) is 7.23. The van der Waals surface area contributed by atoms with Crippen molar-refractivity contribution in [1.82, 2.24) is 4.37 Å². The molecule has 1 aromatic carbocycles. The largest absolute Gasteiger partial charge is 0.449 e. The van der Waals surface area contributed by atoms with Crippen LogP contribution in [-0.4, -0.2) is 29.4 Å². The first-order valence-electron chi connectivity index (χ1n) is 7.15. The molecule has 0 aliphatic rings. The lowest BCUT2D eigenvalue weighted by Crippen LogP contribution is -2.30. The Kier molecular flexibility index (Phi) is 5.33. The van der Waals surface area contributed by atoms with Crippen molar-refractivity contribution in [2.45, 2.75) is 26.9 Å². The molecule has 23 heavy (non-hydrogen) atoms. The van der Waals surface area contributed by atoms with Crippen molar-refractivity contribution in [3.05, 3.63) is 41.1 Å². The van der Waals surface area contributed by atoms with Gasteiger partial charge in [-0.05, 0) is 50.0 Å². The van der Waals surface area contributed by atoms with Gasteiger partial charge in [0.15, 0.2) is 6.10 Å². The zero-order valence-electron chi connectivity index (χ0n) is 13.5. The summed E-state index contributed by atoms with van der Waals surface area (Å²) in [7, 11) is 1.71. The fraction of sp³-hybridized carbons (Fsp3) is 0.312. The topological polar surface area (TPSA) is 80.3 Å². The molecule has 6 nitrogen and oxygen atoms in total. The number of nitrogens with one attached hydrogen (secondary N) is 2. The molecule has 0 saturated heterocycles. The van der Waals surface area contributed by atoms with Gasteiger partial charge in [0.1, 0.15) is 10.6 Å². The lowest BCUT2D eigenvalue weighted by molar-refractivity contribution is -0.123. The lowest BCUT2D eigenvalue weighted by Gasteiger charge is -2.14. The Labute approximate surface area is 139 Å². The van der Waals surface area contributed by atoms with Crippen LogP contribution in [-0.2, 0) is 9.53 Å². The number of hydrogen-bond acceptors (Lipinski definition) is 6. The van der Waals surface area contributed by atoms with E-state index in [2.05, 4.69) is 15.0 Å². The predicted octanol–water partition coefficient (Wildman–Crippen LogP) is 2.99. The number of rotatable bonds is 5. The van der Waals surface area contributed by atoms with E-state index in [1.165, 1.54) is 18.5 Å². The van der Waals surface area contributed by atoms with Crippen LogP contribution < -0.4 is 10.6 Å². The second-order valence-electron chi connectivity index (χ2n) is 5.13. The minimum atomic E-state index is -0.910. The van der Waals surface area contributed by atoms with E-state index in [0.29, 0.717) is 21.9 Å². The highest BCUT2D eigenvalue weighted by Gasteiger charge is 2.24. The maximum absolute atomic E-state index is 12.3. The molecular weight excluding hydrogens is 314 g/mol. The third-order valence-electron chi connectivity index (χ3n) is 3.23. The van der Waals surface area contributed by atoms with Gasteiger partial charge in [-0.25, -0.2) is 4.79 Å². The Balaban J connectivity index is 2.03. The fourth-order valence-electron chi connectivity index (χ4n) is 2.02. The summed E-state index contributed by atoms with van der Waals surface area (Å²) >= 11 is 1.18. The Hall–Kier alpha value is -2.41. The van der Waals surface area contributed by atoms with Crippen LogP contribution in [0, 0.1) is 13.8 Å². The fourth-order valence-corrected chi connectivity index (χ4v) is 2.75. The molecule has 122 valence electrons. The zero-order valence-corrected chi connectivity index (χ0v) is 14.3. The van der Waals surface area contributed by atoms with E-state index in [-0.39, 0.29) is 5.91 Å². The zero-order chi connectivity index (χ0) is 17.0. The molecule has 1 unspecified atom stereocenters. The summed E-state index contributed by atoms with van der Waals surface area (Å²) in [4.78, 5) is 24.4. The van der Waals surface area contributed by atoms with Crippen molar-refractivity contribution >= 4 is 34.1 Å². The molecule has 1 heterocycles. The van der Waals surface area contributed by atoms with Crippen LogP contribution in [0.1, 0.15) is 28.5 Å². The van der Waals surface area contributed by atoms with Crippen LogP contribution >= 0.6 is 11.5 Å². The molecule has 1 atom stereocenters. The summed E-state index contributed by atoms with van der Waals surface area (Å²) in [6, 6.07) is 7.41. The molecule has 2 aromatic rings. The molecule has 0 aliphatic carbocycles. The average Bonchev–Trinajstić information content (AvgIpc) is 2.88. The van der Waals surface area contributed by atoms with Crippen LogP contribution in [0.3, 0.4) is 0 Å². The van der Waals surface area contributed by atoms with E-state index in [0.717, 1.165) is 5.56 Å². The van der Waals surface area contributed by atoms with E-state index >= 15 is 0 Å². The number of anilines is 2. The number of aromatic nitrogens is 1. The Bertz CT molecular complexity index is 727. The number of nitrogens with zero attached hydrogens (tertiary/aromatic N) is 1. The summed E-state index contributed by atoms with van der Waals surface area (Å²) < 4.78 is 9.37. The monoisotopic (exact) mass is 333 g/mol. The Morgan fingerprint density at radius 1 is 1.30 bits per heavy atom. The van der Waals surface area contributed by atoms with E-state index in [4.69, 9.17) is 4.74 Å². The molecule has 1 amide bonds. The molecule has 0 aliphatic heterocycles. The van der Waals surface area contributed by atoms with Gasteiger partial charge in [0.05, 0.1) is 5.69 Å². The lowest BCUT2D eigenvalue weighted by atomic mass is 10.2. The van der Waals surface area contributed by atoms with Gasteiger partial charge in [-0.15, -0.1) is 0 Å². The van der Waals surface area contributed by atoms with E-state index in [1.54, 1.807) is 20.0 Å². The van der Waals surface area contributed by atoms with Crippen molar-refractivity contribution in [3.8, 4) is 0 Å². The van der Waals surface area contributed by atoms with Crippen LogP contribution in [0.4, 0.5) is 10.7 Å². The van der Waals surface area contributed by atoms with Crippen LogP contribution in [0.5, 0.6) is 0 Å². The number of esters is 1. The standard InChI is InChI=1S/C16H19N3O3S/c1-9-6-5-7-12(8-9)18-14(20)11(3)22-16(21)13-10(2)19-23-15(13)17-4/h5-8,11,17H,1-4H3,(H,18,20). The van der Waals surface area contributed by atoms with Gasteiger partial charge >= 0.3 is 5.97 Å². The van der Waals surface area contributed by atoms with E-state index in [9.17, 15) is 9.59 Å². The van der Waals surface area contributed by atoms with Gasteiger partial charge < -0.3 is 15.4 Å². The summed E-state index contributed by atoms with van der Waals surface area (Å²) in [5.74, 6) is -0.941. The highest BCUT2D eigenvalue weighted by Crippen LogP contribution is 2.25. The molecule has 2 N–H and O–H groups in total. The third kappa shape index (κ3) is 4.07. The van der Waals surface area contributed by atoms with Crippen molar-refractivity contribution in [1.29, 1.82) is 0 Å². The van der Waals surface area contributed by atoms with Crippen LogP contribution in [0.2, 0.25) is 0 Å². The van der Waals surface area contributed by atoms with Gasteiger partial charge in [0.25, 0.3) is 5.91 Å². The smallest absolute Gasteiger partial charge is 0.343 e. The molecule has 1 aromatic heterocycles. The van der Waals surface area contributed by atoms with Gasteiger partial charge in [0, 0.05) is 12.7 Å². The van der Waals surface area contributed by atoms with Gasteiger partial charge in [-0.3, -0.25) is 4.79 Å². The van der Waals surface area contributed by atoms with E-state index < -0.39 is 12.1 Å². The summed E-state index contributed by atoms with van der Waals surface area (Å²) in [5, 5.41) is 6.26. The maximum atomic E-state index is 12.3. The van der Waals surface area contributed by atoms with E-state index in [1.807, 2.05) is 25.1 Å². The van der Waals surface area contributed by atoms with Crippen molar-refractivity contribution < 1.29 is 14.3 Å². The normalized spacial score (nSPS) is 11.7. The Morgan fingerprint density at radius 2 is 2.04 bits per heavy atom. The molecule has 2 rings (SSSR count). The number of carbonyl (C=O) groups excluding carboxylic acids is 2. The molecule has 0 saturated carbocycles. The molecule has 0 radical (unpaired) electrons. The first-order chi connectivity index (χ1) is 10.9. The summed E-state index contributed by atoms with van der Waals surface area (Å²) in [6.07, 6.45) is -0.910. The van der Waals surface area contributed by atoms with Crippen molar-refractivity contribution in [2.75, 3.05) is 17.7 Å². The van der Waals surface area contributed by atoms with Gasteiger partial charge in [-0.2, -0.15) is 4.37 Å². The summed E-state index contributed by atoms with van der Waals surface area (Å²) in [6.45, 7) is 5.20. The number of aryl methyl sites for hydroxylation is 2. The third-order valence-corrected chi connectivity index (χ3v) is 4.19. The summed E-state index contributed by atoms with van der Waals surface area (Å²) in [5.41, 5.74) is 2.65. The molecule has 0 fully saturated rings. The second-order valence-corrected chi connectivity index (χ2v) is 5.90. The van der Waals surface area contributed by atoms with Crippen molar-refractivity contribution in [2.24, 2.45) is 0 Å². The number of carbonyl (C=O) groups is 2. The minimum Gasteiger partial charge on any atom is -0.449 e. The molecule has 0 spiro atoms. The highest BCUT2D eigenvalue weighted by atomic mass is 32.1. The first kappa shape index (κ1) is 17.0. The van der Waals surface area contributed by atoms with Crippen LogP contribution in [0.25, 0.3) is 0 Å². The van der Waals surface area contributed by atoms with Crippen molar-refractivity contribution in [3.63, 3.8) is 0 Å². The maximum Gasteiger partial charge on any atom is 0.343 e. The SMILES string of the molecule is CNc1snc(C)c1C(=O)OC(C)C(=O)Nc1cccc(C)c1. The first-order valence-corrected chi connectivity index (χ1v) is 7.92.